The lowest BCUT2D eigenvalue weighted by molar-refractivity contribution is -0.138. The number of thioether (sulfide) groups is 1. The van der Waals surface area contributed by atoms with Gasteiger partial charge in [0.1, 0.15) is 5.25 Å². The van der Waals surface area contributed by atoms with E-state index in [2.05, 4.69) is 15.5 Å². The van der Waals surface area contributed by atoms with Gasteiger partial charge in [0.2, 0.25) is 5.91 Å². The lowest BCUT2D eigenvalue weighted by atomic mass is 10.2. The minimum atomic E-state index is -1.05. The van der Waals surface area contributed by atoms with Gasteiger partial charge in [0, 0.05) is 5.56 Å². The SMILES string of the molecule is CCOc1c(Cl)cc(/C=N/N=C2\NC(=O)C(CC(=O)O)S2)cc1OC. The van der Waals surface area contributed by atoms with Gasteiger partial charge in [0.05, 0.1) is 31.4 Å². The van der Waals surface area contributed by atoms with Crippen LogP contribution < -0.4 is 14.8 Å². The number of carboxylic acid groups (broad SMARTS) is 1. The van der Waals surface area contributed by atoms with Gasteiger partial charge in [0.25, 0.3) is 0 Å². The van der Waals surface area contributed by atoms with E-state index in [9.17, 15) is 9.59 Å². The molecule has 1 heterocycles. The fourth-order valence-electron chi connectivity index (χ4n) is 1.99. The van der Waals surface area contributed by atoms with Crippen molar-refractivity contribution >= 4 is 46.6 Å². The predicted molar refractivity (Wildman–Crippen MR) is 96.0 cm³/mol. The first kappa shape index (κ1) is 19.1. The monoisotopic (exact) mass is 385 g/mol. The van der Waals surface area contributed by atoms with Crippen LogP contribution in [0.3, 0.4) is 0 Å². The van der Waals surface area contributed by atoms with Crippen LogP contribution in [0.25, 0.3) is 0 Å². The first-order chi connectivity index (χ1) is 11.9. The van der Waals surface area contributed by atoms with E-state index in [4.69, 9.17) is 26.2 Å². The summed E-state index contributed by atoms with van der Waals surface area (Å²) in [6, 6.07) is 3.33. The van der Waals surface area contributed by atoms with Crippen molar-refractivity contribution in [3.63, 3.8) is 0 Å². The number of nitrogens with zero attached hydrogens (tertiary/aromatic N) is 2. The number of ether oxygens (including phenoxy) is 2. The average Bonchev–Trinajstić information content (AvgIpc) is 2.88. The van der Waals surface area contributed by atoms with Gasteiger partial charge in [-0.05, 0) is 19.1 Å². The van der Waals surface area contributed by atoms with Crippen LogP contribution in [-0.2, 0) is 9.59 Å². The van der Waals surface area contributed by atoms with Crippen molar-refractivity contribution in [2.75, 3.05) is 13.7 Å². The summed E-state index contributed by atoms with van der Waals surface area (Å²) in [7, 11) is 1.50. The molecule has 1 aliphatic rings. The maximum Gasteiger partial charge on any atom is 0.305 e. The van der Waals surface area contributed by atoms with E-state index in [-0.39, 0.29) is 11.6 Å². The molecule has 1 amide bonds. The maximum absolute atomic E-state index is 11.6. The Morgan fingerprint density at radius 1 is 1.52 bits per heavy atom. The van der Waals surface area contributed by atoms with Crippen LogP contribution in [0.1, 0.15) is 18.9 Å². The first-order valence-corrected chi connectivity index (χ1v) is 8.51. The highest BCUT2D eigenvalue weighted by Crippen LogP contribution is 2.36. The molecule has 1 aliphatic heterocycles. The molecule has 25 heavy (non-hydrogen) atoms. The largest absolute Gasteiger partial charge is 0.493 e. The molecule has 8 nitrogen and oxygen atoms in total. The number of benzene rings is 1. The number of hydrogen-bond donors (Lipinski definition) is 2. The molecule has 0 aromatic heterocycles. The Hall–Kier alpha value is -2.26. The average molecular weight is 386 g/mol. The number of nitrogens with one attached hydrogen (secondary N) is 1. The van der Waals surface area contributed by atoms with Gasteiger partial charge in [-0.15, -0.1) is 5.10 Å². The molecule has 1 aromatic carbocycles. The van der Waals surface area contributed by atoms with Crippen LogP contribution in [0, 0.1) is 0 Å². The minimum absolute atomic E-state index is 0.247. The van der Waals surface area contributed by atoms with Gasteiger partial charge >= 0.3 is 5.97 Å². The van der Waals surface area contributed by atoms with Crippen molar-refractivity contribution in [1.82, 2.24) is 5.32 Å². The topological polar surface area (TPSA) is 110 Å². The lowest BCUT2D eigenvalue weighted by Gasteiger charge is -2.11. The Morgan fingerprint density at radius 3 is 2.92 bits per heavy atom. The second kappa shape index (κ2) is 8.72. The van der Waals surface area contributed by atoms with E-state index in [1.165, 1.54) is 13.3 Å². The molecule has 134 valence electrons. The molecule has 0 radical (unpaired) electrons. The summed E-state index contributed by atoms with van der Waals surface area (Å²) in [4.78, 5) is 22.3. The van der Waals surface area contributed by atoms with Crippen molar-refractivity contribution in [1.29, 1.82) is 0 Å². The van der Waals surface area contributed by atoms with E-state index in [1.807, 2.05) is 6.92 Å². The van der Waals surface area contributed by atoms with Gasteiger partial charge in [-0.2, -0.15) is 5.10 Å². The summed E-state index contributed by atoms with van der Waals surface area (Å²) < 4.78 is 10.7. The number of rotatable bonds is 7. The van der Waals surface area contributed by atoms with E-state index >= 15 is 0 Å². The van der Waals surface area contributed by atoms with Crippen molar-refractivity contribution in [2.24, 2.45) is 10.2 Å². The highest BCUT2D eigenvalue weighted by molar-refractivity contribution is 8.15. The van der Waals surface area contributed by atoms with Crippen molar-refractivity contribution in [3.05, 3.63) is 22.7 Å². The molecule has 2 rings (SSSR count). The number of amides is 1. The number of amidine groups is 1. The van der Waals surface area contributed by atoms with E-state index in [0.717, 1.165) is 11.8 Å². The molecule has 1 aromatic rings. The Labute approximate surface area is 153 Å². The third-order valence-electron chi connectivity index (χ3n) is 3.03. The maximum atomic E-state index is 11.6. The molecule has 1 fully saturated rings. The van der Waals surface area contributed by atoms with Crippen LogP contribution in [0.5, 0.6) is 11.5 Å². The summed E-state index contributed by atoms with van der Waals surface area (Å²) >= 11 is 7.19. The fourth-order valence-corrected chi connectivity index (χ4v) is 3.18. The molecule has 0 aliphatic carbocycles. The third-order valence-corrected chi connectivity index (χ3v) is 4.39. The third kappa shape index (κ3) is 5.10. The zero-order valence-corrected chi connectivity index (χ0v) is 15.1. The molecule has 0 spiro atoms. The smallest absolute Gasteiger partial charge is 0.305 e. The Balaban J connectivity index is 2.11. The van der Waals surface area contributed by atoms with Gasteiger partial charge in [-0.3, -0.25) is 9.59 Å². The molecule has 2 N–H and O–H groups in total. The van der Waals surface area contributed by atoms with Crippen LogP contribution in [0.15, 0.2) is 22.3 Å². The molecular weight excluding hydrogens is 370 g/mol. The molecule has 10 heteroatoms. The van der Waals surface area contributed by atoms with Gasteiger partial charge in [0.15, 0.2) is 16.7 Å². The first-order valence-electron chi connectivity index (χ1n) is 7.25. The quantitative estimate of drug-likeness (QED) is 0.549. The number of hydrogen-bond acceptors (Lipinski definition) is 7. The van der Waals surface area contributed by atoms with Crippen LogP contribution >= 0.6 is 23.4 Å². The molecule has 0 bridgehead atoms. The number of aliphatic carboxylic acids is 1. The summed E-state index contributed by atoms with van der Waals surface area (Å²) in [6.45, 7) is 2.29. The van der Waals surface area contributed by atoms with Gasteiger partial charge < -0.3 is 19.9 Å². The van der Waals surface area contributed by atoms with Gasteiger partial charge in [-0.1, -0.05) is 23.4 Å². The van der Waals surface area contributed by atoms with Gasteiger partial charge in [-0.25, -0.2) is 0 Å². The number of halogens is 1. The number of carbonyl (C=O) groups excluding carboxylic acids is 1. The van der Waals surface area contributed by atoms with Crippen molar-refractivity contribution in [2.45, 2.75) is 18.6 Å². The summed E-state index contributed by atoms with van der Waals surface area (Å²) in [6.07, 6.45) is 1.17. The normalized spacial score (nSPS) is 18.6. The lowest BCUT2D eigenvalue weighted by Crippen LogP contribution is -2.26. The second-order valence-corrected chi connectivity index (χ2v) is 6.41. The Morgan fingerprint density at radius 2 is 2.28 bits per heavy atom. The van der Waals surface area contributed by atoms with Crippen LogP contribution in [0.2, 0.25) is 5.02 Å². The molecule has 0 saturated carbocycles. The van der Waals surface area contributed by atoms with E-state index in [1.54, 1.807) is 12.1 Å². The Kier molecular flexibility index (Phi) is 6.65. The zero-order chi connectivity index (χ0) is 18.4. The second-order valence-electron chi connectivity index (χ2n) is 4.81. The number of methoxy groups -OCH3 is 1. The van der Waals surface area contributed by atoms with Crippen molar-refractivity contribution in [3.8, 4) is 11.5 Å². The van der Waals surface area contributed by atoms with Crippen molar-refractivity contribution < 1.29 is 24.2 Å². The summed E-state index contributed by atoms with van der Waals surface area (Å²) in [5.74, 6) is -0.528. The summed E-state index contributed by atoms with van der Waals surface area (Å²) in [5.41, 5.74) is 0.631. The highest BCUT2D eigenvalue weighted by atomic mass is 35.5. The molecular formula is C15H16ClN3O5S. The number of carbonyl (C=O) groups is 2. The minimum Gasteiger partial charge on any atom is -0.493 e. The summed E-state index contributed by atoms with van der Waals surface area (Å²) in [5, 5.41) is 18.9. The molecule has 1 atom stereocenters. The molecule has 1 saturated heterocycles. The highest BCUT2D eigenvalue weighted by Gasteiger charge is 2.32. The van der Waals surface area contributed by atoms with Crippen LogP contribution in [-0.4, -0.2) is 47.3 Å². The van der Waals surface area contributed by atoms with E-state index < -0.39 is 17.1 Å². The zero-order valence-electron chi connectivity index (χ0n) is 13.5. The predicted octanol–water partition coefficient (Wildman–Crippen LogP) is 2.14. The van der Waals surface area contributed by atoms with Crippen LogP contribution in [0.4, 0.5) is 0 Å². The molecule has 1 unspecified atom stereocenters. The standard InChI is InChI=1S/C15H16ClN3O5S/c1-3-24-13-9(16)4-8(5-10(13)23-2)7-17-19-15-18-14(22)11(25-15)6-12(20)21/h4-5,7,11H,3,6H2,1-2H3,(H,20,21)(H,18,19,22)/b17-7+. The van der Waals surface area contributed by atoms with E-state index in [0.29, 0.717) is 28.7 Å². The number of carboxylic acids is 1. The fraction of sp³-hybridized carbons (Fsp3) is 0.333. The Bertz CT molecular complexity index is 738.